The van der Waals surface area contributed by atoms with Crippen LogP contribution in [0.3, 0.4) is 0 Å². The molecule has 0 spiro atoms. The van der Waals surface area contributed by atoms with E-state index in [-0.39, 0.29) is 12.4 Å². The molecule has 0 saturated heterocycles. The lowest BCUT2D eigenvalue weighted by atomic mass is 10.1. The summed E-state index contributed by atoms with van der Waals surface area (Å²) in [5, 5.41) is 0. The molecular formula is C16H15BrF2N2O3. The fourth-order valence-electron chi connectivity index (χ4n) is 1.88. The Morgan fingerprint density at radius 3 is 2.46 bits per heavy atom. The second-order valence-corrected chi connectivity index (χ2v) is 5.73. The topological polar surface area (TPSA) is 74.4 Å². The molecule has 1 amide bonds. The van der Waals surface area contributed by atoms with Gasteiger partial charge in [-0.3, -0.25) is 4.79 Å². The summed E-state index contributed by atoms with van der Waals surface area (Å²) >= 11 is 3.28. The van der Waals surface area contributed by atoms with Crippen molar-refractivity contribution in [3.8, 4) is 11.6 Å². The standard InChI is InChI=1S/C16H15BrF2N2O3/c17-10-3-6-13(21-9-10)24-8-2-1-7-23-12-5-4-11(18)14(15(12)19)16(20)22/h3-6,9H,1-2,7-8H2,(H2,20,22). The molecule has 1 aromatic carbocycles. The van der Waals surface area contributed by atoms with Crippen LogP contribution < -0.4 is 15.2 Å². The maximum Gasteiger partial charge on any atom is 0.254 e. The molecule has 0 fully saturated rings. The van der Waals surface area contributed by atoms with Gasteiger partial charge in [0.15, 0.2) is 11.6 Å². The second kappa shape index (κ2) is 8.58. The van der Waals surface area contributed by atoms with Crippen LogP contribution in [-0.2, 0) is 0 Å². The van der Waals surface area contributed by atoms with Gasteiger partial charge in [0.1, 0.15) is 11.4 Å². The number of aromatic nitrogens is 1. The zero-order chi connectivity index (χ0) is 17.5. The summed E-state index contributed by atoms with van der Waals surface area (Å²) in [5.41, 5.74) is 4.15. The molecule has 1 aromatic heterocycles. The number of pyridine rings is 1. The summed E-state index contributed by atoms with van der Waals surface area (Å²) in [6.07, 6.45) is 2.87. The Labute approximate surface area is 145 Å². The van der Waals surface area contributed by atoms with Crippen LogP contribution in [0.4, 0.5) is 8.78 Å². The van der Waals surface area contributed by atoms with Gasteiger partial charge in [0.25, 0.3) is 5.91 Å². The van der Waals surface area contributed by atoms with E-state index in [1.54, 1.807) is 12.3 Å². The quantitative estimate of drug-likeness (QED) is 0.688. The fourth-order valence-corrected chi connectivity index (χ4v) is 2.12. The number of benzene rings is 1. The average molecular weight is 401 g/mol. The summed E-state index contributed by atoms with van der Waals surface area (Å²) in [7, 11) is 0. The van der Waals surface area contributed by atoms with Gasteiger partial charge in [-0.15, -0.1) is 0 Å². The van der Waals surface area contributed by atoms with Crippen molar-refractivity contribution < 1.29 is 23.0 Å². The molecule has 0 aliphatic rings. The minimum Gasteiger partial charge on any atom is -0.490 e. The van der Waals surface area contributed by atoms with Crippen molar-refractivity contribution in [1.29, 1.82) is 0 Å². The van der Waals surface area contributed by atoms with Gasteiger partial charge >= 0.3 is 0 Å². The van der Waals surface area contributed by atoms with Crippen molar-refractivity contribution >= 4 is 21.8 Å². The van der Waals surface area contributed by atoms with Crippen LogP contribution in [0.5, 0.6) is 11.6 Å². The average Bonchev–Trinajstić information content (AvgIpc) is 2.54. The minimum absolute atomic E-state index is 0.192. The van der Waals surface area contributed by atoms with E-state index < -0.39 is 23.1 Å². The number of nitrogens with zero attached hydrogens (tertiary/aromatic N) is 1. The van der Waals surface area contributed by atoms with E-state index in [1.807, 2.05) is 6.07 Å². The predicted octanol–water partition coefficient (Wildman–Crippen LogP) is 3.46. The van der Waals surface area contributed by atoms with Crippen molar-refractivity contribution in [2.75, 3.05) is 13.2 Å². The van der Waals surface area contributed by atoms with Crippen LogP contribution in [0.25, 0.3) is 0 Å². The van der Waals surface area contributed by atoms with Crippen molar-refractivity contribution in [2.24, 2.45) is 5.73 Å². The summed E-state index contributed by atoms with van der Waals surface area (Å²) in [6, 6.07) is 5.62. The molecule has 0 saturated carbocycles. The number of hydrogen-bond acceptors (Lipinski definition) is 4. The van der Waals surface area contributed by atoms with Gasteiger partial charge in [0.05, 0.1) is 13.2 Å². The third-order valence-electron chi connectivity index (χ3n) is 3.05. The van der Waals surface area contributed by atoms with Crippen molar-refractivity contribution in [3.05, 3.63) is 52.1 Å². The van der Waals surface area contributed by atoms with E-state index >= 15 is 0 Å². The maximum absolute atomic E-state index is 13.9. The van der Waals surface area contributed by atoms with Gasteiger partial charge < -0.3 is 15.2 Å². The van der Waals surface area contributed by atoms with E-state index in [0.29, 0.717) is 25.3 Å². The van der Waals surface area contributed by atoms with Gasteiger partial charge in [0.2, 0.25) is 5.88 Å². The third-order valence-corrected chi connectivity index (χ3v) is 3.52. The molecular weight excluding hydrogens is 386 g/mol. The molecule has 1 heterocycles. The number of amides is 1. The highest BCUT2D eigenvalue weighted by molar-refractivity contribution is 9.10. The van der Waals surface area contributed by atoms with Gasteiger partial charge in [0, 0.05) is 16.7 Å². The number of carbonyl (C=O) groups is 1. The molecule has 0 atom stereocenters. The number of primary amides is 1. The van der Waals surface area contributed by atoms with Crippen LogP contribution >= 0.6 is 15.9 Å². The number of carbonyl (C=O) groups excluding carboxylic acids is 1. The second-order valence-electron chi connectivity index (χ2n) is 4.82. The lowest BCUT2D eigenvalue weighted by molar-refractivity contribution is 0.0991. The Hall–Kier alpha value is -2.22. The summed E-state index contributed by atoms with van der Waals surface area (Å²) in [5.74, 6) is -2.97. The Balaban J connectivity index is 1.75. The lowest BCUT2D eigenvalue weighted by Crippen LogP contribution is -2.16. The number of unbranched alkanes of at least 4 members (excludes halogenated alkanes) is 1. The highest BCUT2D eigenvalue weighted by atomic mass is 79.9. The summed E-state index contributed by atoms with van der Waals surface area (Å²) in [4.78, 5) is 15.1. The molecule has 0 radical (unpaired) electrons. The number of hydrogen-bond donors (Lipinski definition) is 1. The zero-order valence-electron chi connectivity index (χ0n) is 12.6. The lowest BCUT2D eigenvalue weighted by Gasteiger charge is -2.10. The molecule has 2 N–H and O–H groups in total. The number of nitrogens with two attached hydrogens (primary N) is 1. The first-order valence-electron chi connectivity index (χ1n) is 7.14. The summed E-state index contributed by atoms with van der Waals surface area (Å²) < 4.78 is 38.8. The van der Waals surface area contributed by atoms with Crippen LogP contribution in [0.1, 0.15) is 23.2 Å². The largest absolute Gasteiger partial charge is 0.490 e. The van der Waals surface area contributed by atoms with Gasteiger partial charge in [-0.1, -0.05) is 0 Å². The van der Waals surface area contributed by atoms with Crippen molar-refractivity contribution in [2.45, 2.75) is 12.8 Å². The maximum atomic E-state index is 13.9. The zero-order valence-corrected chi connectivity index (χ0v) is 14.2. The molecule has 0 bridgehead atoms. The normalized spacial score (nSPS) is 10.5. The molecule has 0 aliphatic carbocycles. The first kappa shape index (κ1) is 18.1. The third kappa shape index (κ3) is 4.89. The molecule has 0 aliphatic heterocycles. The monoisotopic (exact) mass is 400 g/mol. The molecule has 2 rings (SSSR count). The Kier molecular flexibility index (Phi) is 6.48. The highest BCUT2D eigenvalue weighted by Crippen LogP contribution is 2.23. The molecule has 24 heavy (non-hydrogen) atoms. The first-order chi connectivity index (χ1) is 11.5. The minimum atomic E-state index is -1.18. The van der Waals surface area contributed by atoms with Crippen LogP contribution in [0, 0.1) is 11.6 Å². The first-order valence-corrected chi connectivity index (χ1v) is 7.93. The Morgan fingerprint density at radius 1 is 1.12 bits per heavy atom. The molecule has 5 nitrogen and oxygen atoms in total. The van der Waals surface area contributed by atoms with E-state index in [1.165, 1.54) is 0 Å². The summed E-state index contributed by atoms with van der Waals surface area (Å²) in [6.45, 7) is 0.619. The molecule has 2 aromatic rings. The van der Waals surface area contributed by atoms with Crippen molar-refractivity contribution in [1.82, 2.24) is 4.98 Å². The van der Waals surface area contributed by atoms with Crippen LogP contribution in [0.2, 0.25) is 0 Å². The smallest absolute Gasteiger partial charge is 0.254 e. The van der Waals surface area contributed by atoms with Crippen molar-refractivity contribution in [3.63, 3.8) is 0 Å². The molecule has 128 valence electrons. The van der Waals surface area contributed by atoms with E-state index in [2.05, 4.69) is 20.9 Å². The van der Waals surface area contributed by atoms with Crippen LogP contribution in [0.15, 0.2) is 34.9 Å². The Bertz CT molecular complexity index is 711. The van der Waals surface area contributed by atoms with Gasteiger partial charge in [-0.25, -0.2) is 13.8 Å². The Morgan fingerprint density at radius 2 is 1.83 bits per heavy atom. The number of ether oxygens (including phenoxy) is 2. The number of rotatable bonds is 8. The molecule has 8 heteroatoms. The van der Waals surface area contributed by atoms with E-state index in [9.17, 15) is 13.6 Å². The van der Waals surface area contributed by atoms with E-state index in [0.717, 1.165) is 16.6 Å². The SMILES string of the molecule is NC(=O)c1c(F)ccc(OCCCCOc2ccc(Br)cn2)c1F. The molecule has 0 unspecified atom stereocenters. The number of halogens is 3. The predicted molar refractivity (Wildman–Crippen MR) is 87.0 cm³/mol. The van der Waals surface area contributed by atoms with Gasteiger partial charge in [-0.2, -0.15) is 0 Å². The van der Waals surface area contributed by atoms with Crippen LogP contribution in [-0.4, -0.2) is 24.1 Å². The fraction of sp³-hybridized carbons (Fsp3) is 0.250. The highest BCUT2D eigenvalue weighted by Gasteiger charge is 2.19. The van der Waals surface area contributed by atoms with E-state index in [4.69, 9.17) is 15.2 Å². The van der Waals surface area contributed by atoms with Gasteiger partial charge in [-0.05, 0) is 47.0 Å².